The van der Waals surface area contributed by atoms with E-state index in [4.69, 9.17) is 0 Å². The molecular weight excluding hydrogens is 236 g/mol. The molecule has 1 amide bonds. The van der Waals surface area contributed by atoms with Crippen molar-refractivity contribution < 1.29 is 4.79 Å². The van der Waals surface area contributed by atoms with Crippen molar-refractivity contribution in [2.24, 2.45) is 23.2 Å². The van der Waals surface area contributed by atoms with Crippen LogP contribution in [0.4, 0.5) is 0 Å². The van der Waals surface area contributed by atoms with Gasteiger partial charge in [0.25, 0.3) is 0 Å². The van der Waals surface area contributed by atoms with Crippen molar-refractivity contribution in [1.82, 2.24) is 10.6 Å². The first-order chi connectivity index (χ1) is 8.88. The van der Waals surface area contributed by atoms with Gasteiger partial charge in [-0.05, 0) is 37.1 Å². The lowest BCUT2D eigenvalue weighted by Crippen LogP contribution is -2.44. The fraction of sp³-hybridized carbons (Fsp3) is 0.938. The Morgan fingerprint density at radius 2 is 1.84 bits per heavy atom. The highest BCUT2D eigenvalue weighted by Crippen LogP contribution is 2.39. The molecule has 1 aliphatic carbocycles. The molecule has 0 aromatic rings. The van der Waals surface area contributed by atoms with E-state index in [0.717, 1.165) is 19.0 Å². The van der Waals surface area contributed by atoms with Crippen LogP contribution in [0.2, 0.25) is 0 Å². The Morgan fingerprint density at radius 3 is 2.32 bits per heavy atom. The molecule has 1 atom stereocenters. The summed E-state index contributed by atoms with van der Waals surface area (Å²) in [7, 11) is 1.91. The van der Waals surface area contributed by atoms with E-state index in [9.17, 15) is 4.79 Å². The number of carbonyl (C=O) groups excluding carboxylic acids is 1. The van der Waals surface area contributed by atoms with Gasteiger partial charge in [0, 0.05) is 13.1 Å². The Bertz CT molecular complexity index is 280. The summed E-state index contributed by atoms with van der Waals surface area (Å²) in [6, 6.07) is 0. The van der Waals surface area contributed by atoms with Crippen LogP contribution >= 0.6 is 0 Å². The summed E-state index contributed by atoms with van der Waals surface area (Å²) in [5, 5.41) is 6.31. The fourth-order valence-electron chi connectivity index (χ4n) is 3.15. The van der Waals surface area contributed by atoms with Crippen molar-refractivity contribution in [2.75, 3.05) is 20.1 Å². The Balaban J connectivity index is 2.47. The number of nitrogens with one attached hydrogen (secondary N) is 2. The average molecular weight is 268 g/mol. The molecule has 19 heavy (non-hydrogen) atoms. The van der Waals surface area contributed by atoms with Crippen LogP contribution in [0.3, 0.4) is 0 Å². The van der Waals surface area contributed by atoms with Gasteiger partial charge in [0.05, 0.1) is 5.92 Å². The van der Waals surface area contributed by atoms with E-state index in [1.54, 1.807) is 0 Å². The van der Waals surface area contributed by atoms with Crippen molar-refractivity contribution in [1.29, 1.82) is 0 Å². The van der Waals surface area contributed by atoms with Gasteiger partial charge in [0.2, 0.25) is 5.91 Å². The SMILES string of the molecule is CNCC(C(=O)NCC(C)(C)C1CCCC1)C(C)C. The maximum Gasteiger partial charge on any atom is 0.224 e. The third kappa shape index (κ3) is 4.79. The molecule has 0 aromatic heterocycles. The monoisotopic (exact) mass is 268 g/mol. The van der Waals surface area contributed by atoms with Crippen LogP contribution in [-0.2, 0) is 4.79 Å². The normalized spacial score (nSPS) is 18.8. The van der Waals surface area contributed by atoms with Crippen molar-refractivity contribution in [3.05, 3.63) is 0 Å². The predicted molar refractivity (Wildman–Crippen MR) is 81.0 cm³/mol. The minimum absolute atomic E-state index is 0.0735. The molecule has 0 bridgehead atoms. The molecule has 0 aromatic carbocycles. The molecular formula is C16H32N2O. The molecule has 1 saturated carbocycles. The van der Waals surface area contributed by atoms with Crippen molar-refractivity contribution in [2.45, 2.75) is 53.4 Å². The average Bonchev–Trinajstić information content (AvgIpc) is 2.87. The highest BCUT2D eigenvalue weighted by atomic mass is 16.1. The molecule has 1 aliphatic rings. The molecule has 1 unspecified atom stereocenters. The zero-order valence-corrected chi connectivity index (χ0v) is 13.4. The lowest BCUT2D eigenvalue weighted by Gasteiger charge is -2.32. The summed E-state index contributed by atoms with van der Waals surface area (Å²) in [4.78, 5) is 12.3. The van der Waals surface area contributed by atoms with Gasteiger partial charge in [-0.2, -0.15) is 0 Å². The Kier molecular flexibility index (Phi) is 6.31. The highest BCUT2D eigenvalue weighted by molar-refractivity contribution is 5.79. The second-order valence-corrected chi connectivity index (χ2v) is 7.10. The summed E-state index contributed by atoms with van der Waals surface area (Å²) in [5.74, 6) is 1.43. The molecule has 0 aliphatic heterocycles. The maximum absolute atomic E-state index is 12.3. The zero-order chi connectivity index (χ0) is 14.5. The molecule has 112 valence electrons. The molecule has 1 fully saturated rings. The smallest absolute Gasteiger partial charge is 0.224 e. The second kappa shape index (κ2) is 7.28. The third-order valence-corrected chi connectivity index (χ3v) is 4.74. The molecule has 0 radical (unpaired) electrons. The van der Waals surface area contributed by atoms with Gasteiger partial charge in [-0.15, -0.1) is 0 Å². The van der Waals surface area contributed by atoms with Crippen LogP contribution in [0.25, 0.3) is 0 Å². The van der Waals surface area contributed by atoms with E-state index in [2.05, 4.69) is 38.3 Å². The lowest BCUT2D eigenvalue weighted by atomic mass is 9.77. The van der Waals surface area contributed by atoms with Gasteiger partial charge in [-0.3, -0.25) is 4.79 Å². The summed E-state index contributed by atoms with van der Waals surface area (Å²) >= 11 is 0. The number of hydrogen-bond acceptors (Lipinski definition) is 2. The van der Waals surface area contributed by atoms with Gasteiger partial charge in [0.1, 0.15) is 0 Å². The van der Waals surface area contributed by atoms with E-state index in [1.165, 1.54) is 25.7 Å². The number of carbonyl (C=O) groups is 1. The number of hydrogen-bond donors (Lipinski definition) is 2. The van der Waals surface area contributed by atoms with E-state index in [0.29, 0.717) is 5.92 Å². The van der Waals surface area contributed by atoms with E-state index in [1.807, 2.05) is 7.05 Å². The fourth-order valence-corrected chi connectivity index (χ4v) is 3.15. The highest BCUT2D eigenvalue weighted by Gasteiger charge is 2.32. The molecule has 1 rings (SSSR count). The zero-order valence-electron chi connectivity index (χ0n) is 13.4. The van der Waals surface area contributed by atoms with Gasteiger partial charge in [-0.1, -0.05) is 40.5 Å². The molecule has 0 spiro atoms. The van der Waals surface area contributed by atoms with Crippen LogP contribution in [0, 0.1) is 23.2 Å². The first-order valence-electron chi connectivity index (χ1n) is 7.80. The first kappa shape index (κ1) is 16.5. The largest absolute Gasteiger partial charge is 0.355 e. The maximum atomic E-state index is 12.3. The van der Waals surface area contributed by atoms with Gasteiger partial charge < -0.3 is 10.6 Å². The standard InChI is InChI=1S/C16H32N2O/c1-12(2)14(10-17-5)15(19)18-11-16(3,4)13-8-6-7-9-13/h12-14,17H,6-11H2,1-5H3,(H,18,19). The quantitative estimate of drug-likeness (QED) is 0.745. The van der Waals surface area contributed by atoms with Crippen molar-refractivity contribution in [3.63, 3.8) is 0 Å². The van der Waals surface area contributed by atoms with E-state index in [-0.39, 0.29) is 17.2 Å². The minimum atomic E-state index is 0.0735. The number of rotatable bonds is 7. The predicted octanol–water partition coefficient (Wildman–Crippen LogP) is 2.81. The summed E-state index contributed by atoms with van der Waals surface area (Å²) < 4.78 is 0. The minimum Gasteiger partial charge on any atom is -0.355 e. The Hall–Kier alpha value is -0.570. The third-order valence-electron chi connectivity index (χ3n) is 4.74. The molecule has 3 nitrogen and oxygen atoms in total. The van der Waals surface area contributed by atoms with Crippen molar-refractivity contribution >= 4 is 5.91 Å². The Labute approximate surface area is 118 Å². The Morgan fingerprint density at radius 1 is 1.26 bits per heavy atom. The summed E-state index contributed by atoms with van der Waals surface area (Å²) in [6.45, 7) is 10.4. The molecule has 3 heteroatoms. The molecule has 0 saturated heterocycles. The van der Waals surface area contributed by atoms with E-state index >= 15 is 0 Å². The lowest BCUT2D eigenvalue weighted by molar-refractivity contribution is -0.126. The topological polar surface area (TPSA) is 41.1 Å². The van der Waals surface area contributed by atoms with Crippen LogP contribution < -0.4 is 10.6 Å². The van der Waals surface area contributed by atoms with Gasteiger partial charge >= 0.3 is 0 Å². The van der Waals surface area contributed by atoms with Gasteiger partial charge in [0.15, 0.2) is 0 Å². The van der Waals surface area contributed by atoms with Crippen molar-refractivity contribution in [3.8, 4) is 0 Å². The van der Waals surface area contributed by atoms with Gasteiger partial charge in [-0.25, -0.2) is 0 Å². The number of amides is 1. The van der Waals surface area contributed by atoms with Crippen LogP contribution in [-0.4, -0.2) is 26.0 Å². The molecule has 0 heterocycles. The summed E-state index contributed by atoms with van der Waals surface area (Å²) in [6.07, 6.45) is 5.37. The van der Waals surface area contributed by atoms with Crippen LogP contribution in [0.5, 0.6) is 0 Å². The summed E-state index contributed by atoms with van der Waals surface area (Å²) in [5.41, 5.74) is 0.229. The first-order valence-corrected chi connectivity index (χ1v) is 7.80. The van der Waals surface area contributed by atoms with E-state index < -0.39 is 0 Å². The van der Waals surface area contributed by atoms with Crippen LogP contribution in [0.15, 0.2) is 0 Å². The second-order valence-electron chi connectivity index (χ2n) is 7.10. The molecule has 2 N–H and O–H groups in total. The van der Waals surface area contributed by atoms with Crippen LogP contribution in [0.1, 0.15) is 53.4 Å².